The van der Waals surface area contributed by atoms with Gasteiger partial charge in [0.05, 0.1) is 6.54 Å². The Morgan fingerprint density at radius 2 is 1.74 bits per heavy atom. The Kier molecular flexibility index (Phi) is 8.88. The molecule has 3 aromatic rings. The van der Waals surface area contributed by atoms with Crippen LogP contribution < -0.4 is 20.7 Å². The number of anilines is 5. The lowest BCUT2D eigenvalue weighted by Gasteiger charge is -2.24. The molecule has 222 valence electrons. The highest BCUT2D eigenvalue weighted by atomic mass is 19.4. The first kappa shape index (κ1) is 30.2. The number of likely N-dealkylation sites (tertiary alicyclic amines) is 1. The van der Waals surface area contributed by atoms with E-state index in [0.717, 1.165) is 6.08 Å². The van der Waals surface area contributed by atoms with Gasteiger partial charge in [0.15, 0.2) is 0 Å². The Morgan fingerprint density at radius 3 is 2.43 bits per heavy atom. The highest BCUT2D eigenvalue weighted by Crippen LogP contribution is 2.36. The molecular weight excluding hydrogens is 553 g/mol. The molecule has 10 nitrogen and oxygen atoms in total. The van der Waals surface area contributed by atoms with Gasteiger partial charge in [0.2, 0.25) is 11.9 Å². The molecule has 1 aliphatic heterocycles. The molecule has 1 atom stereocenters. The van der Waals surface area contributed by atoms with Gasteiger partial charge in [0.1, 0.15) is 28.8 Å². The molecule has 3 N–H and O–H groups in total. The number of ether oxygens (including phenoxy) is 2. The molecule has 0 aliphatic carbocycles. The number of hydrogen-bond donors (Lipinski definition) is 3. The maximum absolute atomic E-state index is 13.8. The van der Waals surface area contributed by atoms with Crippen molar-refractivity contribution in [1.82, 2.24) is 14.9 Å². The molecule has 2 heterocycles. The van der Waals surface area contributed by atoms with E-state index in [4.69, 9.17) is 9.47 Å². The van der Waals surface area contributed by atoms with E-state index in [-0.39, 0.29) is 17.7 Å². The molecular formula is C29H31F3N6O4. The fourth-order valence-corrected chi connectivity index (χ4v) is 4.03. The Bertz CT molecular complexity index is 1460. The normalized spacial score (nSPS) is 15.1. The first-order valence-electron chi connectivity index (χ1n) is 13.1. The van der Waals surface area contributed by atoms with E-state index in [9.17, 15) is 22.8 Å². The number of hydrogen-bond acceptors (Lipinski definition) is 8. The zero-order chi connectivity index (χ0) is 30.5. The molecule has 4 rings (SSSR count). The summed E-state index contributed by atoms with van der Waals surface area (Å²) in [6, 6.07) is 12.9. The average molecular weight is 585 g/mol. The summed E-state index contributed by atoms with van der Waals surface area (Å²) < 4.78 is 52.7. The Labute approximate surface area is 240 Å². The standard InChI is InChI=1S/C29H31F3N6O4/c1-5-24(39)34-18-8-6-9-19(14-18)35-25-23(29(30,31)32)16-33-26(37-25)36-20-10-7-11-21(15-20)41-22-12-13-38(17-22)27(40)42-28(2,3)4/h5-11,14-16,22H,1,12-13,17H2,2-4H3,(H,34,39)(H2,33,35,36,37)/t22-/m1/s1. The number of halogens is 3. The van der Waals surface area contributed by atoms with E-state index in [1.165, 1.54) is 12.1 Å². The lowest BCUT2D eigenvalue weighted by molar-refractivity contribution is -0.137. The van der Waals surface area contributed by atoms with Crippen LogP contribution in [0.25, 0.3) is 0 Å². The van der Waals surface area contributed by atoms with E-state index in [0.29, 0.717) is 42.8 Å². The van der Waals surface area contributed by atoms with Gasteiger partial charge in [0.25, 0.3) is 0 Å². The van der Waals surface area contributed by atoms with Gasteiger partial charge in [-0.15, -0.1) is 0 Å². The largest absolute Gasteiger partial charge is 0.488 e. The van der Waals surface area contributed by atoms with Crippen LogP contribution in [0.2, 0.25) is 0 Å². The summed E-state index contributed by atoms with van der Waals surface area (Å²) in [4.78, 5) is 33.5. The Hall–Kier alpha value is -4.81. The van der Waals surface area contributed by atoms with Crippen LogP contribution in [0, 0.1) is 0 Å². The predicted octanol–water partition coefficient (Wildman–Crippen LogP) is 6.50. The van der Waals surface area contributed by atoms with Gasteiger partial charge in [-0.1, -0.05) is 18.7 Å². The maximum atomic E-state index is 13.8. The second kappa shape index (κ2) is 12.4. The fourth-order valence-electron chi connectivity index (χ4n) is 4.03. The third-order valence-electron chi connectivity index (χ3n) is 5.86. The molecule has 1 aliphatic rings. The Balaban J connectivity index is 1.47. The summed E-state index contributed by atoms with van der Waals surface area (Å²) in [5, 5.41) is 8.13. The molecule has 42 heavy (non-hydrogen) atoms. The molecule has 0 radical (unpaired) electrons. The smallest absolute Gasteiger partial charge is 0.421 e. The van der Waals surface area contributed by atoms with Crippen LogP contribution in [0.1, 0.15) is 32.8 Å². The number of amides is 2. The summed E-state index contributed by atoms with van der Waals surface area (Å²) in [7, 11) is 0. The minimum absolute atomic E-state index is 0.0873. The summed E-state index contributed by atoms with van der Waals surface area (Å²) in [5.41, 5.74) is -0.562. The SMILES string of the molecule is C=CC(=O)Nc1cccc(Nc2nc(Nc3cccc(O[C@@H]4CCN(C(=O)OC(C)(C)C)C4)c3)ncc2C(F)(F)F)c1. The first-order chi connectivity index (χ1) is 19.8. The minimum atomic E-state index is -4.72. The monoisotopic (exact) mass is 584 g/mol. The number of nitrogens with zero attached hydrogens (tertiary/aromatic N) is 3. The van der Waals surface area contributed by atoms with Crippen molar-refractivity contribution >= 4 is 40.8 Å². The van der Waals surface area contributed by atoms with Crippen LogP contribution in [0.5, 0.6) is 5.75 Å². The molecule has 2 aromatic carbocycles. The number of carbonyl (C=O) groups excluding carboxylic acids is 2. The number of aromatic nitrogens is 2. The first-order valence-corrected chi connectivity index (χ1v) is 13.1. The maximum Gasteiger partial charge on any atom is 0.421 e. The summed E-state index contributed by atoms with van der Waals surface area (Å²) >= 11 is 0. The van der Waals surface area contributed by atoms with Crippen LogP contribution in [0.15, 0.2) is 67.4 Å². The summed E-state index contributed by atoms with van der Waals surface area (Å²) in [5.74, 6) is -0.528. The van der Waals surface area contributed by atoms with Crippen molar-refractivity contribution in [3.05, 3.63) is 72.9 Å². The number of nitrogens with one attached hydrogen (secondary N) is 3. The van der Waals surface area contributed by atoms with E-state index in [1.807, 2.05) is 0 Å². The molecule has 1 saturated heterocycles. The highest BCUT2D eigenvalue weighted by Gasteiger charge is 2.35. The molecule has 1 aromatic heterocycles. The van der Waals surface area contributed by atoms with Gasteiger partial charge in [-0.25, -0.2) is 9.78 Å². The van der Waals surface area contributed by atoms with Gasteiger partial charge in [-0.2, -0.15) is 18.2 Å². The molecule has 13 heteroatoms. The molecule has 1 fully saturated rings. The van der Waals surface area contributed by atoms with Crippen molar-refractivity contribution in [2.24, 2.45) is 0 Å². The second-order valence-corrected chi connectivity index (χ2v) is 10.5. The topological polar surface area (TPSA) is 118 Å². The van der Waals surface area contributed by atoms with Crippen molar-refractivity contribution in [3.63, 3.8) is 0 Å². The lowest BCUT2D eigenvalue weighted by atomic mass is 10.2. The zero-order valence-corrected chi connectivity index (χ0v) is 23.3. The zero-order valence-electron chi connectivity index (χ0n) is 23.3. The van der Waals surface area contributed by atoms with Crippen LogP contribution >= 0.6 is 0 Å². The van der Waals surface area contributed by atoms with E-state index in [2.05, 4.69) is 32.5 Å². The van der Waals surface area contributed by atoms with Gasteiger partial charge < -0.3 is 30.3 Å². The third-order valence-corrected chi connectivity index (χ3v) is 5.86. The molecule has 0 bridgehead atoms. The third kappa shape index (κ3) is 8.35. The van der Waals surface area contributed by atoms with Gasteiger partial charge in [-0.05, 0) is 57.2 Å². The number of alkyl halides is 3. The van der Waals surface area contributed by atoms with Crippen LogP contribution in [0.4, 0.5) is 46.8 Å². The summed E-state index contributed by atoms with van der Waals surface area (Å²) in [6.45, 7) is 9.64. The molecule has 0 saturated carbocycles. The fraction of sp³-hybridized carbons (Fsp3) is 0.310. The van der Waals surface area contributed by atoms with Gasteiger partial charge in [-0.3, -0.25) is 4.79 Å². The van der Waals surface area contributed by atoms with Crippen LogP contribution in [-0.2, 0) is 15.7 Å². The van der Waals surface area contributed by atoms with Crippen LogP contribution in [-0.4, -0.2) is 51.7 Å². The van der Waals surface area contributed by atoms with E-state index >= 15 is 0 Å². The molecule has 2 amide bonds. The predicted molar refractivity (Wildman–Crippen MR) is 152 cm³/mol. The molecule has 0 spiro atoms. The number of carbonyl (C=O) groups is 2. The number of rotatable bonds is 8. The Morgan fingerprint density at radius 1 is 1.05 bits per heavy atom. The highest BCUT2D eigenvalue weighted by molar-refractivity contribution is 5.99. The summed E-state index contributed by atoms with van der Waals surface area (Å²) in [6.07, 6.45) is -2.99. The second-order valence-electron chi connectivity index (χ2n) is 10.5. The van der Waals surface area contributed by atoms with Crippen molar-refractivity contribution < 1.29 is 32.2 Å². The van der Waals surface area contributed by atoms with Crippen molar-refractivity contribution in [3.8, 4) is 5.75 Å². The van der Waals surface area contributed by atoms with E-state index in [1.54, 1.807) is 62.1 Å². The van der Waals surface area contributed by atoms with Crippen molar-refractivity contribution in [2.75, 3.05) is 29.0 Å². The molecule has 0 unspecified atom stereocenters. The van der Waals surface area contributed by atoms with Gasteiger partial charge in [0, 0.05) is 42.3 Å². The van der Waals surface area contributed by atoms with Crippen LogP contribution in [0.3, 0.4) is 0 Å². The number of benzene rings is 2. The minimum Gasteiger partial charge on any atom is -0.488 e. The lowest BCUT2D eigenvalue weighted by Crippen LogP contribution is -2.36. The van der Waals surface area contributed by atoms with E-state index < -0.39 is 35.2 Å². The average Bonchev–Trinajstić information content (AvgIpc) is 3.36. The quantitative estimate of drug-likeness (QED) is 0.257. The van der Waals surface area contributed by atoms with Gasteiger partial charge >= 0.3 is 12.3 Å². The van der Waals surface area contributed by atoms with Crippen molar-refractivity contribution in [1.29, 1.82) is 0 Å². The van der Waals surface area contributed by atoms with Crippen molar-refractivity contribution in [2.45, 2.75) is 45.1 Å².